The topological polar surface area (TPSA) is 38.3 Å². The van der Waals surface area contributed by atoms with Gasteiger partial charge in [-0.25, -0.2) is 0 Å². The quantitative estimate of drug-likeness (QED) is 0.479. The van der Waals surface area contributed by atoms with Crippen LogP contribution in [0.3, 0.4) is 0 Å². The van der Waals surface area contributed by atoms with Crippen molar-refractivity contribution >= 4 is 18.5 Å². The third-order valence-corrected chi connectivity index (χ3v) is 2.22. The summed E-state index contributed by atoms with van der Waals surface area (Å²) in [4.78, 5) is 11.3. The molecule has 1 atom stereocenters. The largest absolute Gasteiger partial charge is 0.379 e. The number of ether oxygens (including phenoxy) is 1. The molecule has 0 saturated carbocycles. The molecule has 0 aromatic heterocycles. The molecule has 0 heterocycles. The lowest BCUT2D eigenvalue weighted by Crippen LogP contribution is -2.28. The Balaban J connectivity index is 3.27. The Morgan fingerprint density at radius 3 is 2.79 bits per heavy atom. The van der Waals surface area contributed by atoms with E-state index >= 15 is 0 Å². The maximum Gasteiger partial charge on any atom is 0.220 e. The Morgan fingerprint density at radius 1 is 1.50 bits per heavy atom. The summed E-state index contributed by atoms with van der Waals surface area (Å²) in [5.74, 6) is 1.31. The van der Waals surface area contributed by atoms with Gasteiger partial charge in [0.05, 0.1) is 13.2 Å². The van der Waals surface area contributed by atoms with Gasteiger partial charge in [0.2, 0.25) is 5.91 Å². The van der Waals surface area contributed by atoms with E-state index in [4.69, 9.17) is 4.74 Å². The van der Waals surface area contributed by atoms with Crippen LogP contribution in [-0.4, -0.2) is 31.4 Å². The minimum atomic E-state index is 0.119. The summed E-state index contributed by atoms with van der Waals surface area (Å²) < 4.78 is 5.17. The van der Waals surface area contributed by atoms with Gasteiger partial charge in [0.25, 0.3) is 0 Å². The minimum Gasteiger partial charge on any atom is -0.379 e. The molecular weight excluding hydrogens is 198 g/mol. The molecule has 1 unspecified atom stereocenters. The molecule has 0 rings (SSSR count). The van der Waals surface area contributed by atoms with E-state index in [1.165, 1.54) is 0 Å². The number of thiol groups is 1. The van der Waals surface area contributed by atoms with E-state index in [9.17, 15) is 4.79 Å². The third kappa shape index (κ3) is 8.38. The van der Waals surface area contributed by atoms with Crippen LogP contribution in [0.4, 0.5) is 0 Å². The number of rotatable bonds is 8. The number of carbonyl (C=O) groups is 1. The number of hydrogen-bond donors (Lipinski definition) is 2. The summed E-state index contributed by atoms with van der Waals surface area (Å²) in [7, 11) is 0. The Bertz CT molecular complexity index is 153. The predicted molar refractivity (Wildman–Crippen MR) is 61.8 cm³/mol. The molecule has 0 aliphatic rings. The van der Waals surface area contributed by atoms with Gasteiger partial charge in [0, 0.05) is 18.7 Å². The van der Waals surface area contributed by atoms with Crippen LogP contribution in [0, 0.1) is 5.92 Å². The smallest absolute Gasteiger partial charge is 0.220 e. The Hall–Kier alpha value is -0.220. The molecule has 14 heavy (non-hydrogen) atoms. The van der Waals surface area contributed by atoms with Crippen molar-refractivity contribution in [3.05, 3.63) is 0 Å². The third-order valence-electron chi connectivity index (χ3n) is 2.03. The monoisotopic (exact) mass is 219 g/mol. The summed E-state index contributed by atoms with van der Waals surface area (Å²) >= 11 is 4.01. The molecule has 0 aromatic rings. The Morgan fingerprint density at radius 2 is 2.21 bits per heavy atom. The van der Waals surface area contributed by atoms with Gasteiger partial charge >= 0.3 is 0 Å². The lowest BCUT2D eigenvalue weighted by molar-refractivity contribution is -0.122. The molecular formula is C10H21NO2S. The molecule has 0 aliphatic heterocycles. The first kappa shape index (κ1) is 13.8. The van der Waals surface area contributed by atoms with E-state index in [1.54, 1.807) is 0 Å². The average Bonchev–Trinajstić information content (AvgIpc) is 2.17. The highest BCUT2D eigenvalue weighted by atomic mass is 32.1. The number of hydrogen-bond acceptors (Lipinski definition) is 3. The van der Waals surface area contributed by atoms with Gasteiger partial charge in [-0.2, -0.15) is 12.6 Å². The summed E-state index contributed by atoms with van der Waals surface area (Å²) in [5, 5.41) is 2.82. The summed E-state index contributed by atoms with van der Waals surface area (Å²) in [5.41, 5.74) is 0. The van der Waals surface area contributed by atoms with E-state index in [2.05, 4.69) is 31.8 Å². The number of amides is 1. The van der Waals surface area contributed by atoms with Crippen LogP contribution in [0.15, 0.2) is 0 Å². The van der Waals surface area contributed by atoms with Crippen LogP contribution in [0.2, 0.25) is 0 Å². The van der Waals surface area contributed by atoms with Gasteiger partial charge < -0.3 is 10.1 Å². The van der Waals surface area contributed by atoms with Gasteiger partial charge in [0.15, 0.2) is 0 Å². The first-order valence-corrected chi connectivity index (χ1v) is 5.79. The molecule has 1 amide bonds. The second-order valence-electron chi connectivity index (χ2n) is 3.40. The molecule has 4 heteroatoms. The average molecular weight is 219 g/mol. The Kier molecular flexibility index (Phi) is 9.19. The Labute approximate surface area is 92.0 Å². The van der Waals surface area contributed by atoms with Crippen LogP contribution < -0.4 is 5.32 Å². The molecule has 1 N–H and O–H groups in total. The van der Waals surface area contributed by atoms with E-state index < -0.39 is 0 Å². The van der Waals surface area contributed by atoms with Crippen molar-refractivity contribution in [1.29, 1.82) is 0 Å². The highest BCUT2D eigenvalue weighted by molar-refractivity contribution is 7.80. The fourth-order valence-electron chi connectivity index (χ4n) is 0.962. The zero-order valence-corrected chi connectivity index (χ0v) is 9.98. The minimum absolute atomic E-state index is 0.119. The van der Waals surface area contributed by atoms with Crippen LogP contribution in [0.25, 0.3) is 0 Å². The summed E-state index contributed by atoms with van der Waals surface area (Å²) in [6.07, 6.45) is 1.66. The van der Waals surface area contributed by atoms with Crippen molar-refractivity contribution in [2.45, 2.75) is 26.7 Å². The fourth-order valence-corrected chi connectivity index (χ4v) is 1.09. The molecule has 0 aromatic carbocycles. The van der Waals surface area contributed by atoms with Crippen molar-refractivity contribution in [2.75, 3.05) is 25.5 Å². The van der Waals surface area contributed by atoms with Gasteiger partial charge in [-0.1, -0.05) is 20.3 Å². The zero-order chi connectivity index (χ0) is 10.8. The summed E-state index contributed by atoms with van der Waals surface area (Å²) in [6.45, 7) is 5.99. The first-order chi connectivity index (χ1) is 6.70. The summed E-state index contributed by atoms with van der Waals surface area (Å²) in [6, 6.07) is 0. The van der Waals surface area contributed by atoms with Crippen LogP contribution in [-0.2, 0) is 9.53 Å². The van der Waals surface area contributed by atoms with E-state index in [0.717, 1.165) is 12.2 Å². The van der Waals surface area contributed by atoms with E-state index in [0.29, 0.717) is 32.1 Å². The maximum atomic E-state index is 11.3. The number of nitrogens with one attached hydrogen (secondary N) is 1. The molecule has 0 saturated heterocycles. The first-order valence-electron chi connectivity index (χ1n) is 5.16. The molecule has 0 spiro atoms. The molecule has 0 bridgehead atoms. The normalized spacial score (nSPS) is 12.5. The standard InChI is InChI=1S/C10H21NO2S/c1-3-9(2)8-10(12)11-4-5-13-6-7-14/h9,14H,3-8H2,1-2H3,(H,11,12). The number of carbonyl (C=O) groups excluding carboxylic acids is 1. The van der Waals surface area contributed by atoms with Gasteiger partial charge in [0.1, 0.15) is 0 Å². The molecule has 0 aliphatic carbocycles. The van der Waals surface area contributed by atoms with Crippen LogP contribution in [0.5, 0.6) is 0 Å². The van der Waals surface area contributed by atoms with Gasteiger partial charge in [-0.15, -0.1) is 0 Å². The highest BCUT2D eigenvalue weighted by Crippen LogP contribution is 2.04. The van der Waals surface area contributed by atoms with Gasteiger partial charge in [-0.3, -0.25) is 4.79 Å². The van der Waals surface area contributed by atoms with Crippen LogP contribution in [0.1, 0.15) is 26.7 Å². The zero-order valence-electron chi connectivity index (χ0n) is 9.08. The lowest BCUT2D eigenvalue weighted by atomic mass is 10.1. The van der Waals surface area contributed by atoms with E-state index in [1.807, 2.05) is 0 Å². The van der Waals surface area contributed by atoms with Crippen molar-refractivity contribution in [3.8, 4) is 0 Å². The maximum absolute atomic E-state index is 11.3. The molecule has 0 fully saturated rings. The van der Waals surface area contributed by atoms with E-state index in [-0.39, 0.29) is 5.91 Å². The van der Waals surface area contributed by atoms with Crippen molar-refractivity contribution in [1.82, 2.24) is 5.32 Å². The van der Waals surface area contributed by atoms with Crippen molar-refractivity contribution < 1.29 is 9.53 Å². The van der Waals surface area contributed by atoms with Crippen LogP contribution >= 0.6 is 12.6 Å². The van der Waals surface area contributed by atoms with Crippen molar-refractivity contribution in [3.63, 3.8) is 0 Å². The predicted octanol–water partition coefficient (Wildman–Crippen LogP) is 1.49. The lowest BCUT2D eigenvalue weighted by Gasteiger charge is -2.09. The second kappa shape index (κ2) is 9.34. The fraction of sp³-hybridized carbons (Fsp3) is 0.900. The highest BCUT2D eigenvalue weighted by Gasteiger charge is 2.05. The van der Waals surface area contributed by atoms with Gasteiger partial charge in [-0.05, 0) is 5.92 Å². The molecule has 3 nitrogen and oxygen atoms in total. The SMILES string of the molecule is CCC(C)CC(=O)NCCOCCS. The molecule has 84 valence electrons. The molecule has 0 radical (unpaired) electrons. The second-order valence-corrected chi connectivity index (χ2v) is 3.85. The van der Waals surface area contributed by atoms with Crippen molar-refractivity contribution in [2.24, 2.45) is 5.92 Å².